The van der Waals surface area contributed by atoms with Gasteiger partial charge >= 0.3 is 0 Å². The monoisotopic (exact) mass is 439 g/mol. The lowest BCUT2D eigenvalue weighted by Gasteiger charge is -2.38. The summed E-state index contributed by atoms with van der Waals surface area (Å²) >= 11 is 7.10. The summed E-state index contributed by atoms with van der Waals surface area (Å²) in [6.07, 6.45) is 7.70. The molecule has 3 atom stereocenters. The molecule has 1 aromatic heterocycles. The number of nitrogens with zero attached hydrogens (tertiary/aromatic N) is 2. The van der Waals surface area contributed by atoms with Crippen molar-refractivity contribution in [3.63, 3.8) is 0 Å². The number of carbonyl (C=O) groups excluding carboxylic acids is 1. The smallest absolute Gasteiger partial charge is 0.263 e. The summed E-state index contributed by atoms with van der Waals surface area (Å²) in [6, 6.07) is 4.44. The predicted octanol–water partition coefficient (Wildman–Crippen LogP) is 4.78. The van der Waals surface area contributed by atoms with E-state index in [9.17, 15) is 13.2 Å². The second-order valence-corrected chi connectivity index (χ2v) is 10.4. The lowest BCUT2D eigenvalue weighted by Crippen LogP contribution is -2.32. The number of hydrogen-bond acceptors (Lipinski definition) is 6. The number of Topliss-reactive ketones (excluding diaryl/α,β-unsaturated/α-hetero) is 1. The molecule has 4 rings (SSSR count). The summed E-state index contributed by atoms with van der Waals surface area (Å²) in [5.74, 6) is 1.21. The standard InChI is InChI=1S/C19H22ClN3O3S2/c20-15-7-8-16(17(10-15)28(25,26)22-18-11-27-23-21-18)19(24)14-6-5-12-3-1-2-4-13(12)9-14/h7-8,10-14,22H,1-6,9H2. The fraction of sp³-hybridized carbons (Fsp3) is 0.526. The molecule has 1 heterocycles. The van der Waals surface area contributed by atoms with E-state index in [2.05, 4.69) is 14.3 Å². The van der Waals surface area contributed by atoms with Gasteiger partial charge in [-0.05, 0) is 60.8 Å². The minimum atomic E-state index is -3.99. The lowest BCUT2D eigenvalue weighted by molar-refractivity contribution is 0.0760. The normalized spacial score (nSPS) is 25.1. The third kappa shape index (κ3) is 4.09. The second kappa shape index (κ2) is 8.08. The largest absolute Gasteiger partial charge is 0.294 e. The molecule has 3 unspecified atom stereocenters. The van der Waals surface area contributed by atoms with Gasteiger partial charge < -0.3 is 0 Å². The van der Waals surface area contributed by atoms with Crippen molar-refractivity contribution < 1.29 is 13.2 Å². The summed E-state index contributed by atoms with van der Waals surface area (Å²) in [7, 11) is -3.99. The molecule has 0 aliphatic heterocycles. The Kier molecular flexibility index (Phi) is 5.71. The Morgan fingerprint density at radius 3 is 2.68 bits per heavy atom. The van der Waals surface area contributed by atoms with Crippen LogP contribution in [0.3, 0.4) is 0 Å². The van der Waals surface area contributed by atoms with E-state index in [1.807, 2.05) is 0 Å². The minimum Gasteiger partial charge on any atom is -0.294 e. The fourth-order valence-corrected chi connectivity index (χ4v) is 6.58. The maximum Gasteiger partial charge on any atom is 0.263 e. The molecule has 2 aromatic rings. The zero-order chi connectivity index (χ0) is 19.7. The molecule has 0 spiro atoms. The highest BCUT2D eigenvalue weighted by atomic mass is 35.5. The van der Waals surface area contributed by atoms with E-state index in [1.165, 1.54) is 43.2 Å². The summed E-state index contributed by atoms with van der Waals surface area (Å²) in [6.45, 7) is 0. The average Bonchev–Trinajstić information content (AvgIpc) is 3.19. The molecule has 0 saturated heterocycles. The number of fused-ring (bicyclic) bond motifs is 1. The number of hydrogen-bond donors (Lipinski definition) is 1. The Morgan fingerprint density at radius 1 is 1.14 bits per heavy atom. The lowest BCUT2D eigenvalue weighted by atomic mass is 9.66. The molecule has 0 bridgehead atoms. The summed E-state index contributed by atoms with van der Waals surface area (Å²) in [5.41, 5.74) is 0.208. The maximum absolute atomic E-state index is 13.3. The van der Waals surface area contributed by atoms with Crippen molar-refractivity contribution in [1.82, 2.24) is 9.59 Å². The first kappa shape index (κ1) is 19.8. The quantitative estimate of drug-likeness (QED) is 0.677. The van der Waals surface area contributed by atoms with Crippen LogP contribution in [0.1, 0.15) is 55.3 Å². The zero-order valence-electron chi connectivity index (χ0n) is 15.3. The van der Waals surface area contributed by atoms with Crippen LogP contribution in [0.5, 0.6) is 0 Å². The van der Waals surface area contributed by atoms with Gasteiger partial charge in [-0.1, -0.05) is 41.8 Å². The molecule has 1 N–H and O–H groups in total. The number of halogens is 1. The second-order valence-electron chi connectivity index (χ2n) is 7.71. The van der Waals surface area contributed by atoms with Crippen LogP contribution in [0.2, 0.25) is 5.02 Å². The summed E-state index contributed by atoms with van der Waals surface area (Å²) in [5, 5.41) is 5.48. The minimum absolute atomic E-state index is 0.0937. The third-order valence-electron chi connectivity index (χ3n) is 6.01. The predicted molar refractivity (Wildman–Crippen MR) is 109 cm³/mol. The molecule has 150 valence electrons. The maximum atomic E-state index is 13.3. The van der Waals surface area contributed by atoms with Crippen LogP contribution < -0.4 is 4.72 Å². The molecule has 28 heavy (non-hydrogen) atoms. The molecular weight excluding hydrogens is 418 g/mol. The highest BCUT2D eigenvalue weighted by Crippen LogP contribution is 2.44. The molecule has 0 radical (unpaired) electrons. The van der Waals surface area contributed by atoms with Gasteiger partial charge in [-0.15, -0.1) is 5.10 Å². The molecule has 0 amide bonds. The third-order valence-corrected chi connectivity index (χ3v) is 8.14. The Hall–Kier alpha value is -1.51. The van der Waals surface area contributed by atoms with Crippen LogP contribution in [0, 0.1) is 17.8 Å². The van der Waals surface area contributed by atoms with Gasteiger partial charge in [0, 0.05) is 16.5 Å². The molecule has 2 fully saturated rings. The van der Waals surface area contributed by atoms with Crippen LogP contribution in [0.4, 0.5) is 5.82 Å². The first-order chi connectivity index (χ1) is 13.4. The highest BCUT2D eigenvalue weighted by molar-refractivity contribution is 7.92. The SMILES string of the molecule is O=C(c1ccc(Cl)cc1S(=O)(=O)Nc1csnn1)C1CCC2CCCCC2C1. The van der Waals surface area contributed by atoms with Crippen LogP contribution in [-0.2, 0) is 10.0 Å². The van der Waals surface area contributed by atoms with Crippen LogP contribution in [0.15, 0.2) is 28.5 Å². The molecule has 1 aromatic carbocycles. The van der Waals surface area contributed by atoms with E-state index < -0.39 is 10.0 Å². The van der Waals surface area contributed by atoms with Crippen molar-refractivity contribution in [2.75, 3.05) is 4.72 Å². The molecule has 2 aliphatic rings. The Morgan fingerprint density at radius 2 is 1.93 bits per heavy atom. The van der Waals surface area contributed by atoms with Crippen molar-refractivity contribution >= 4 is 44.8 Å². The Balaban J connectivity index is 1.61. The number of aromatic nitrogens is 2. The number of nitrogens with one attached hydrogen (secondary N) is 1. The number of anilines is 1. The Bertz CT molecular complexity index is 963. The van der Waals surface area contributed by atoms with Crippen molar-refractivity contribution in [2.24, 2.45) is 17.8 Å². The topological polar surface area (TPSA) is 89.0 Å². The average molecular weight is 440 g/mol. The van der Waals surface area contributed by atoms with Gasteiger partial charge in [-0.25, -0.2) is 8.42 Å². The van der Waals surface area contributed by atoms with Gasteiger partial charge in [-0.3, -0.25) is 9.52 Å². The van der Waals surface area contributed by atoms with E-state index in [0.717, 1.165) is 36.7 Å². The molecule has 9 heteroatoms. The van der Waals surface area contributed by atoms with Gasteiger partial charge in [0.05, 0.1) is 10.3 Å². The van der Waals surface area contributed by atoms with E-state index in [0.29, 0.717) is 5.92 Å². The van der Waals surface area contributed by atoms with Crippen LogP contribution in [-0.4, -0.2) is 23.8 Å². The molecule has 2 saturated carbocycles. The van der Waals surface area contributed by atoms with Gasteiger partial charge in [0.1, 0.15) is 0 Å². The van der Waals surface area contributed by atoms with Crippen LogP contribution in [0.25, 0.3) is 0 Å². The van der Waals surface area contributed by atoms with E-state index >= 15 is 0 Å². The number of sulfonamides is 1. The van der Waals surface area contributed by atoms with E-state index in [4.69, 9.17) is 11.6 Å². The Labute approximate surface area is 173 Å². The number of benzene rings is 1. The zero-order valence-corrected chi connectivity index (χ0v) is 17.7. The van der Waals surface area contributed by atoms with Gasteiger partial charge in [0.2, 0.25) is 0 Å². The fourth-order valence-electron chi connectivity index (χ4n) is 4.66. The van der Waals surface area contributed by atoms with Crippen molar-refractivity contribution in [3.05, 3.63) is 34.2 Å². The highest BCUT2D eigenvalue weighted by Gasteiger charge is 2.36. The van der Waals surface area contributed by atoms with Gasteiger partial charge in [0.25, 0.3) is 10.0 Å². The van der Waals surface area contributed by atoms with E-state index in [1.54, 1.807) is 6.07 Å². The van der Waals surface area contributed by atoms with Crippen LogP contribution >= 0.6 is 23.1 Å². The molecular formula is C19H22ClN3O3S2. The molecule has 2 aliphatic carbocycles. The van der Waals surface area contributed by atoms with E-state index in [-0.39, 0.29) is 33.0 Å². The molecule has 6 nitrogen and oxygen atoms in total. The number of rotatable bonds is 5. The first-order valence-corrected chi connectivity index (χ1v) is 12.3. The van der Waals surface area contributed by atoms with Crippen molar-refractivity contribution in [3.8, 4) is 0 Å². The first-order valence-electron chi connectivity index (χ1n) is 9.57. The van der Waals surface area contributed by atoms with Crippen molar-refractivity contribution in [2.45, 2.75) is 49.8 Å². The van der Waals surface area contributed by atoms with Gasteiger partial charge in [-0.2, -0.15) is 0 Å². The number of carbonyl (C=O) groups is 1. The van der Waals surface area contributed by atoms with Crippen molar-refractivity contribution in [1.29, 1.82) is 0 Å². The summed E-state index contributed by atoms with van der Waals surface area (Å²) in [4.78, 5) is 13.2. The summed E-state index contributed by atoms with van der Waals surface area (Å²) < 4.78 is 31.8. The number of ketones is 1. The van der Waals surface area contributed by atoms with Gasteiger partial charge in [0.15, 0.2) is 11.6 Å².